The second-order valence-electron chi connectivity index (χ2n) is 3.95. The minimum atomic E-state index is -0.160. The molecule has 0 spiro atoms. The van der Waals surface area contributed by atoms with E-state index in [1.54, 1.807) is 12.4 Å². The molecule has 16 heavy (non-hydrogen) atoms. The number of benzene rings is 1. The smallest absolute Gasteiger partial charge is 0.127 e. The number of hydrogen-bond donors (Lipinski definition) is 2. The third-order valence-corrected chi connectivity index (χ3v) is 2.66. The molecule has 0 saturated carbocycles. The van der Waals surface area contributed by atoms with Crippen LogP contribution in [-0.4, -0.2) is 9.97 Å². The van der Waals surface area contributed by atoms with Gasteiger partial charge in [0.05, 0.1) is 6.04 Å². The number of hydrogen-bond acceptors (Lipinski definition) is 2. The van der Waals surface area contributed by atoms with Crippen LogP contribution in [0.4, 0.5) is 0 Å². The van der Waals surface area contributed by atoms with Crippen molar-refractivity contribution in [2.45, 2.75) is 25.8 Å². The Kier molecular flexibility index (Phi) is 3.37. The van der Waals surface area contributed by atoms with Crippen LogP contribution in [0, 0.1) is 0 Å². The van der Waals surface area contributed by atoms with Crippen LogP contribution >= 0.6 is 0 Å². The normalized spacial score (nSPS) is 12.6. The molecule has 1 atom stereocenters. The van der Waals surface area contributed by atoms with Crippen LogP contribution in [-0.2, 0) is 6.42 Å². The summed E-state index contributed by atoms with van der Waals surface area (Å²) in [7, 11) is 0. The molecule has 0 fully saturated rings. The van der Waals surface area contributed by atoms with Gasteiger partial charge in [0.15, 0.2) is 0 Å². The number of aromatic nitrogens is 2. The Morgan fingerprint density at radius 3 is 3.00 bits per heavy atom. The third-order valence-electron chi connectivity index (χ3n) is 2.66. The zero-order valence-corrected chi connectivity index (χ0v) is 9.48. The van der Waals surface area contributed by atoms with Gasteiger partial charge in [-0.2, -0.15) is 0 Å². The van der Waals surface area contributed by atoms with E-state index in [2.05, 4.69) is 35.1 Å². The number of nitrogens with one attached hydrogen (secondary N) is 1. The molecule has 0 bridgehead atoms. The van der Waals surface area contributed by atoms with E-state index in [9.17, 15) is 0 Å². The first-order valence-electron chi connectivity index (χ1n) is 5.65. The van der Waals surface area contributed by atoms with Gasteiger partial charge in [-0.3, -0.25) is 0 Å². The summed E-state index contributed by atoms with van der Waals surface area (Å²) in [6, 6.07) is 8.25. The molecule has 0 aliphatic rings. The van der Waals surface area contributed by atoms with E-state index in [1.165, 1.54) is 5.56 Å². The molecule has 1 aromatic heterocycles. The zero-order chi connectivity index (χ0) is 11.4. The monoisotopic (exact) mass is 215 g/mol. The van der Waals surface area contributed by atoms with Gasteiger partial charge >= 0.3 is 0 Å². The molecule has 3 heteroatoms. The summed E-state index contributed by atoms with van der Waals surface area (Å²) in [6.07, 6.45) is 5.77. The van der Waals surface area contributed by atoms with Gasteiger partial charge in [0, 0.05) is 12.4 Å². The van der Waals surface area contributed by atoms with E-state index < -0.39 is 0 Å². The minimum absolute atomic E-state index is 0.160. The number of aryl methyl sites for hydroxylation is 1. The summed E-state index contributed by atoms with van der Waals surface area (Å²) in [5.41, 5.74) is 8.58. The Hall–Kier alpha value is -1.61. The highest BCUT2D eigenvalue weighted by molar-refractivity contribution is 5.29. The number of H-pyrrole nitrogens is 1. The van der Waals surface area contributed by atoms with Crippen LogP contribution in [0.3, 0.4) is 0 Å². The van der Waals surface area contributed by atoms with Crippen molar-refractivity contribution < 1.29 is 0 Å². The zero-order valence-electron chi connectivity index (χ0n) is 9.48. The first kappa shape index (κ1) is 10.9. The number of aromatic amines is 1. The van der Waals surface area contributed by atoms with Crippen molar-refractivity contribution in [2.75, 3.05) is 0 Å². The standard InChI is InChI=1S/C13H17N3/c1-2-4-10-5-3-6-11(9-10)12(14)13-15-7-8-16-13/h3,5-9,12H,2,4,14H2,1H3,(H,15,16). The number of rotatable bonds is 4. The van der Waals surface area contributed by atoms with Gasteiger partial charge in [0.25, 0.3) is 0 Å². The molecular weight excluding hydrogens is 198 g/mol. The molecule has 1 heterocycles. The molecule has 0 saturated heterocycles. The van der Waals surface area contributed by atoms with Crippen molar-refractivity contribution in [3.05, 3.63) is 53.6 Å². The summed E-state index contributed by atoms with van der Waals surface area (Å²) in [5.74, 6) is 0.814. The quantitative estimate of drug-likeness (QED) is 0.823. The second-order valence-corrected chi connectivity index (χ2v) is 3.95. The highest BCUT2D eigenvalue weighted by atomic mass is 14.9. The van der Waals surface area contributed by atoms with Crippen molar-refractivity contribution in [3.63, 3.8) is 0 Å². The highest BCUT2D eigenvalue weighted by Gasteiger charge is 2.10. The van der Waals surface area contributed by atoms with Crippen LogP contribution in [0.15, 0.2) is 36.7 Å². The molecule has 3 N–H and O–H groups in total. The van der Waals surface area contributed by atoms with E-state index in [0.29, 0.717) is 0 Å². The molecule has 2 rings (SSSR count). The molecule has 1 aromatic carbocycles. The Balaban J connectivity index is 2.23. The van der Waals surface area contributed by atoms with Crippen LogP contribution in [0.2, 0.25) is 0 Å². The fourth-order valence-corrected chi connectivity index (χ4v) is 1.84. The maximum Gasteiger partial charge on any atom is 0.127 e. The maximum atomic E-state index is 6.13. The number of nitrogens with zero attached hydrogens (tertiary/aromatic N) is 1. The molecule has 3 nitrogen and oxygen atoms in total. The third kappa shape index (κ3) is 2.31. The van der Waals surface area contributed by atoms with E-state index in [4.69, 9.17) is 5.73 Å². The fourth-order valence-electron chi connectivity index (χ4n) is 1.84. The second kappa shape index (κ2) is 4.94. The van der Waals surface area contributed by atoms with E-state index in [0.717, 1.165) is 24.2 Å². The van der Waals surface area contributed by atoms with E-state index in [1.807, 2.05) is 6.07 Å². The lowest BCUT2D eigenvalue weighted by Gasteiger charge is -2.10. The van der Waals surface area contributed by atoms with Crippen LogP contribution < -0.4 is 5.73 Å². The van der Waals surface area contributed by atoms with E-state index >= 15 is 0 Å². The largest absolute Gasteiger partial charge is 0.347 e. The highest BCUT2D eigenvalue weighted by Crippen LogP contribution is 2.17. The fraction of sp³-hybridized carbons (Fsp3) is 0.308. The topological polar surface area (TPSA) is 54.7 Å². The molecule has 84 valence electrons. The van der Waals surface area contributed by atoms with Crippen molar-refractivity contribution in [2.24, 2.45) is 5.73 Å². The minimum Gasteiger partial charge on any atom is -0.347 e. The van der Waals surface area contributed by atoms with Crippen molar-refractivity contribution in [1.82, 2.24) is 9.97 Å². The van der Waals surface area contributed by atoms with Crippen LogP contribution in [0.25, 0.3) is 0 Å². The molecule has 1 unspecified atom stereocenters. The lowest BCUT2D eigenvalue weighted by atomic mass is 10.0. The number of imidazole rings is 1. The Bertz CT molecular complexity index is 434. The molecule has 2 aromatic rings. The summed E-state index contributed by atoms with van der Waals surface area (Å²) in [6.45, 7) is 2.18. The van der Waals surface area contributed by atoms with Gasteiger partial charge in [-0.15, -0.1) is 0 Å². The predicted molar refractivity (Wildman–Crippen MR) is 65.1 cm³/mol. The summed E-state index contributed by atoms with van der Waals surface area (Å²) < 4.78 is 0. The Morgan fingerprint density at radius 2 is 2.31 bits per heavy atom. The van der Waals surface area contributed by atoms with Crippen LogP contribution in [0.5, 0.6) is 0 Å². The van der Waals surface area contributed by atoms with E-state index in [-0.39, 0.29) is 6.04 Å². The lowest BCUT2D eigenvalue weighted by Crippen LogP contribution is -2.13. The Labute approximate surface area is 95.7 Å². The average Bonchev–Trinajstić information content (AvgIpc) is 2.82. The molecule has 0 amide bonds. The van der Waals surface area contributed by atoms with Gasteiger partial charge in [0.2, 0.25) is 0 Å². The lowest BCUT2D eigenvalue weighted by molar-refractivity contribution is 0.796. The maximum absolute atomic E-state index is 6.13. The van der Waals surface area contributed by atoms with Crippen LogP contribution in [0.1, 0.15) is 36.3 Å². The average molecular weight is 215 g/mol. The SMILES string of the molecule is CCCc1cccc(C(N)c2ncc[nH]2)c1. The molecular formula is C13H17N3. The summed E-state index contributed by atoms with van der Waals surface area (Å²) in [5, 5.41) is 0. The molecule has 0 aliphatic heterocycles. The van der Waals surface area contributed by atoms with Crippen molar-refractivity contribution in [3.8, 4) is 0 Å². The Morgan fingerprint density at radius 1 is 1.44 bits per heavy atom. The van der Waals surface area contributed by atoms with Gasteiger partial charge in [-0.1, -0.05) is 37.6 Å². The molecule has 0 aliphatic carbocycles. The van der Waals surface area contributed by atoms with Gasteiger partial charge in [0.1, 0.15) is 5.82 Å². The number of nitrogens with two attached hydrogens (primary N) is 1. The van der Waals surface area contributed by atoms with Gasteiger partial charge < -0.3 is 10.7 Å². The first-order valence-corrected chi connectivity index (χ1v) is 5.65. The summed E-state index contributed by atoms with van der Waals surface area (Å²) in [4.78, 5) is 7.24. The van der Waals surface area contributed by atoms with Crippen molar-refractivity contribution >= 4 is 0 Å². The van der Waals surface area contributed by atoms with Gasteiger partial charge in [-0.05, 0) is 17.5 Å². The van der Waals surface area contributed by atoms with Crippen molar-refractivity contribution in [1.29, 1.82) is 0 Å². The first-order chi connectivity index (χ1) is 7.81. The summed E-state index contributed by atoms with van der Waals surface area (Å²) >= 11 is 0. The molecule has 0 radical (unpaired) electrons. The predicted octanol–water partition coefficient (Wildman–Crippen LogP) is 2.41. The van der Waals surface area contributed by atoms with Gasteiger partial charge in [-0.25, -0.2) is 4.98 Å².